The summed E-state index contributed by atoms with van der Waals surface area (Å²) in [6.45, 7) is 2.16. The number of esters is 1. The maximum atomic E-state index is 11.7. The van der Waals surface area contributed by atoms with Gasteiger partial charge in [0.25, 0.3) is 0 Å². The number of hydrogen-bond donors (Lipinski definition) is 0. The number of likely N-dealkylation sites (tertiary alicyclic amines) is 1. The van der Waals surface area contributed by atoms with Crippen LogP contribution in [-0.4, -0.2) is 31.1 Å². The monoisotopic (exact) mass is 258 g/mol. The van der Waals surface area contributed by atoms with Gasteiger partial charge in [-0.3, -0.25) is 9.69 Å². The van der Waals surface area contributed by atoms with E-state index in [1.165, 1.54) is 12.7 Å². The van der Waals surface area contributed by atoms with Crippen LogP contribution in [0.15, 0.2) is 30.3 Å². The van der Waals surface area contributed by atoms with Crippen LogP contribution in [0.5, 0.6) is 0 Å². The summed E-state index contributed by atoms with van der Waals surface area (Å²) in [6, 6.07) is 12.4. The van der Waals surface area contributed by atoms with E-state index in [4.69, 9.17) is 10.00 Å². The minimum Gasteiger partial charge on any atom is -0.469 e. The van der Waals surface area contributed by atoms with Gasteiger partial charge in [-0.15, -0.1) is 0 Å². The van der Waals surface area contributed by atoms with Crippen molar-refractivity contribution in [2.75, 3.05) is 20.2 Å². The zero-order valence-electron chi connectivity index (χ0n) is 11.1. The molecule has 0 saturated carbocycles. The van der Waals surface area contributed by atoms with Gasteiger partial charge in [-0.2, -0.15) is 5.26 Å². The molecule has 19 heavy (non-hydrogen) atoms. The number of ether oxygens (including phenoxy) is 1. The zero-order chi connectivity index (χ0) is 13.7. The number of carbonyl (C=O) groups excluding carboxylic acids is 1. The van der Waals surface area contributed by atoms with E-state index in [-0.39, 0.29) is 17.8 Å². The Morgan fingerprint density at radius 3 is 2.79 bits per heavy atom. The number of nitrogens with zero attached hydrogens (tertiary/aromatic N) is 2. The minimum absolute atomic E-state index is 0.0958. The third kappa shape index (κ3) is 3.55. The van der Waals surface area contributed by atoms with Crippen LogP contribution in [0.4, 0.5) is 0 Å². The summed E-state index contributed by atoms with van der Waals surface area (Å²) in [7, 11) is 1.40. The van der Waals surface area contributed by atoms with Crippen molar-refractivity contribution >= 4 is 5.97 Å². The lowest BCUT2D eigenvalue weighted by atomic mass is 9.90. The number of rotatable bonds is 3. The highest BCUT2D eigenvalue weighted by Crippen LogP contribution is 2.23. The first kappa shape index (κ1) is 13.6. The van der Waals surface area contributed by atoms with Gasteiger partial charge in [-0.1, -0.05) is 30.3 Å². The Bertz CT molecular complexity index is 467. The molecule has 0 radical (unpaired) electrons. The van der Waals surface area contributed by atoms with Crippen molar-refractivity contribution in [1.29, 1.82) is 5.26 Å². The predicted octanol–water partition coefficient (Wildman–Crippen LogP) is 1.82. The first-order valence-electron chi connectivity index (χ1n) is 6.46. The SMILES string of the molecule is COC(=O)[C@H]1C[C@H](C#N)CN(Cc2ccccc2)C1. The molecule has 4 heteroatoms. The van der Waals surface area contributed by atoms with Gasteiger partial charge in [-0.05, 0) is 12.0 Å². The van der Waals surface area contributed by atoms with Crippen molar-refractivity contribution < 1.29 is 9.53 Å². The fourth-order valence-corrected chi connectivity index (χ4v) is 2.59. The second kappa shape index (κ2) is 6.35. The average molecular weight is 258 g/mol. The van der Waals surface area contributed by atoms with E-state index < -0.39 is 0 Å². The molecule has 1 fully saturated rings. The van der Waals surface area contributed by atoms with Crippen molar-refractivity contribution in [3.8, 4) is 6.07 Å². The van der Waals surface area contributed by atoms with Gasteiger partial charge in [-0.25, -0.2) is 0 Å². The van der Waals surface area contributed by atoms with Gasteiger partial charge in [0.1, 0.15) is 0 Å². The Kier molecular flexibility index (Phi) is 4.53. The number of nitriles is 1. The summed E-state index contributed by atoms with van der Waals surface area (Å²) < 4.78 is 4.81. The molecule has 0 spiro atoms. The lowest BCUT2D eigenvalue weighted by Crippen LogP contribution is -2.42. The van der Waals surface area contributed by atoms with Crippen LogP contribution >= 0.6 is 0 Å². The first-order chi connectivity index (χ1) is 9.22. The molecular weight excluding hydrogens is 240 g/mol. The molecule has 1 aromatic carbocycles. The summed E-state index contributed by atoms with van der Waals surface area (Å²) >= 11 is 0. The highest BCUT2D eigenvalue weighted by molar-refractivity contribution is 5.72. The summed E-state index contributed by atoms with van der Waals surface area (Å²) in [6.07, 6.45) is 0.606. The van der Waals surface area contributed by atoms with Gasteiger partial charge in [0.15, 0.2) is 0 Å². The summed E-state index contributed by atoms with van der Waals surface area (Å²) in [5.74, 6) is -0.494. The molecule has 1 saturated heterocycles. The number of carbonyl (C=O) groups is 1. The van der Waals surface area contributed by atoms with E-state index in [0.717, 1.165) is 13.1 Å². The van der Waals surface area contributed by atoms with Crippen molar-refractivity contribution in [2.24, 2.45) is 11.8 Å². The van der Waals surface area contributed by atoms with Gasteiger partial charge >= 0.3 is 5.97 Å². The Labute approximate surface area is 113 Å². The third-order valence-corrected chi connectivity index (χ3v) is 3.49. The zero-order valence-corrected chi connectivity index (χ0v) is 11.1. The van der Waals surface area contributed by atoms with Crippen molar-refractivity contribution in [3.05, 3.63) is 35.9 Å². The molecular formula is C15H18N2O2. The maximum absolute atomic E-state index is 11.7. The van der Waals surface area contributed by atoms with Crippen molar-refractivity contribution in [3.63, 3.8) is 0 Å². The molecule has 0 bridgehead atoms. The molecule has 4 nitrogen and oxygen atoms in total. The molecule has 1 aromatic rings. The quantitative estimate of drug-likeness (QED) is 0.776. The highest BCUT2D eigenvalue weighted by atomic mass is 16.5. The lowest BCUT2D eigenvalue weighted by Gasteiger charge is -2.33. The lowest BCUT2D eigenvalue weighted by molar-refractivity contribution is -0.147. The normalized spacial score (nSPS) is 23.6. The molecule has 0 N–H and O–H groups in total. The molecule has 2 rings (SSSR count). The summed E-state index contributed by atoms with van der Waals surface area (Å²) in [5, 5.41) is 9.12. The fraction of sp³-hybridized carbons (Fsp3) is 0.467. The number of methoxy groups -OCH3 is 1. The molecule has 0 aromatic heterocycles. The second-order valence-corrected chi connectivity index (χ2v) is 4.96. The number of piperidine rings is 1. The molecule has 1 aliphatic heterocycles. The molecule has 2 atom stereocenters. The van der Waals surface area contributed by atoms with Crippen molar-refractivity contribution in [2.45, 2.75) is 13.0 Å². The van der Waals surface area contributed by atoms with Crippen LogP contribution < -0.4 is 0 Å². The van der Waals surface area contributed by atoms with E-state index in [1.807, 2.05) is 18.2 Å². The van der Waals surface area contributed by atoms with E-state index in [2.05, 4.69) is 23.1 Å². The van der Waals surface area contributed by atoms with Crippen LogP contribution in [0.2, 0.25) is 0 Å². The number of benzene rings is 1. The van der Waals surface area contributed by atoms with Crippen LogP contribution in [0.1, 0.15) is 12.0 Å². The van der Waals surface area contributed by atoms with Crippen LogP contribution in [0, 0.1) is 23.2 Å². The third-order valence-electron chi connectivity index (χ3n) is 3.49. The Balaban J connectivity index is 2.04. The Hall–Kier alpha value is -1.86. The molecule has 0 unspecified atom stereocenters. The van der Waals surface area contributed by atoms with E-state index in [9.17, 15) is 4.79 Å². The van der Waals surface area contributed by atoms with E-state index in [0.29, 0.717) is 13.0 Å². The molecule has 1 heterocycles. The molecule has 0 aliphatic carbocycles. The standard InChI is InChI=1S/C15H18N2O2/c1-19-15(18)14-7-13(8-16)10-17(11-14)9-12-5-3-2-4-6-12/h2-6,13-14H,7,9-11H2,1H3/t13-,14+/m1/s1. The molecule has 1 aliphatic rings. The summed E-state index contributed by atoms with van der Waals surface area (Å²) in [4.78, 5) is 13.8. The predicted molar refractivity (Wildman–Crippen MR) is 70.9 cm³/mol. The Morgan fingerprint density at radius 1 is 1.42 bits per heavy atom. The largest absolute Gasteiger partial charge is 0.469 e. The maximum Gasteiger partial charge on any atom is 0.310 e. The van der Waals surface area contributed by atoms with Gasteiger partial charge in [0, 0.05) is 19.6 Å². The van der Waals surface area contributed by atoms with Gasteiger partial charge in [0.2, 0.25) is 0 Å². The van der Waals surface area contributed by atoms with Gasteiger partial charge < -0.3 is 4.74 Å². The molecule has 100 valence electrons. The highest BCUT2D eigenvalue weighted by Gasteiger charge is 2.32. The minimum atomic E-state index is -0.210. The summed E-state index contributed by atoms with van der Waals surface area (Å²) in [5.41, 5.74) is 1.20. The average Bonchev–Trinajstić information content (AvgIpc) is 2.47. The second-order valence-electron chi connectivity index (χ2n) is 4.96. The number of hydrogen-bond acceptors (Lipinski definition) is 4. The molecule has 0 amide bonds. The van der Waals surface area contributed by atoms with E-state index >= 15 is 0 Å². The van der Waals surface area contributed by atoms with Crippen LogP contribution in [0.3, 0.4) is 0 Å². The van der Waals surface area contributed by atoms with Gasteiger partial charge in [0.05, 0.1) is 25.0 Å². The van der Waals surface area contributed by atoms with E-state index in [1.54, 1.807) is 0 Å². The fourth-order valence-electron chi connectivity index (χ4n) is 2.59. The topological polar surface area (TPSA) is 53.3 Å². The van der Waals surface area contributed by atoms with Crippen molar-refractivity contribution in [1.82, 2.24) is 4.90 Å². The Morgan fingerprint density at radius 2 is 2.16 bits per heavy atom. The van der Waals surface area contributed by atoms with Crippen LogP contribution in [-0.2, 0) is 16.1 Å². The first-order valence-corrected chi connectivity index (χ1v) is 6.46. The van der Waals surface area contributed by atoms with Crippen LogP contribution in [0.25, 0.3) is 0 Å². The smallest absolute Gasteiger partial charge is 0.310 e.